The number of hydrogen-bond donors (Lipinski definition) is 1. The van der Waals surface area contributed by atoms with Crippen LogP contribution in [-0.4, -0.2) is 17.6 Å². The number of carbonyl (C=O) groups excluding carboxylic acids is 1. The molecule has 1 unspecified atom stereocenters. The number of ether oxygens (including phenoxy) is 2. The van der Waals surface area contributed by atoms with Gasteiger partial charge in [0.1, 0.15) is 5.75 Å². The zero-order chi connectivity index (χ0) is 22.0. The molecule has 0 saturated carbocycles. The third-order valence-corrected chi connectivity index (χ3v) is 5.01. The average molecular weight is 418 g/mol. The summed E-state index contributed by atoms with van der Waals surface area (Å²) in [7, 11) is 0. The maximum absolute atomic E-state index is 13.2. The van der Waals surface area contributed by atoms with Crippen molar-refractivity contribution < 1.29 is 19.2 Å². The van der Waals surface area contributed by atoms with Crippen LogP contribution in [0.25, 0.3) is 0 Å². The minimum absolute atomic E-state index is 0.0779. The Morgan fingerprint density at radius 1 is 1.06 bits per heavy atom. The molecule has 0 bridgehead atoms. The van der Waals surface area contributed by atoms with Gasteiger partial charge in [-0.05, 0) is 19.1 Å². The Morgan fingerprint density at radius 2 is 1.81 bits per heavy atom. The number of aryl methyl sites for hydroxylation is 1. The van der Waals surface area contributed by atoms with E-state index in [2.05, 4.69) is 0 Å². The fourth-order valence-electron chi connectivity index (χ4n) is 3.46. The van der Waals surface area contributed by atoms with Gasteiger partial charge >= 0.3 is 6.09 Å². The molecule has 2 N–H and O–H groups in total. The Balaban J connectivity index is 1.71. The number of nitrogens with two attached hydrogens (primary N) is 1. The molecule has 3 aromatic rings. The first-order valence-corrected chi connectivity index (χ1v) is 9.52. The van der Waals surface area contributed by atoms with Gasteiger partial charge in [-0.1, -0.05) is 35.9 Å². The van der Waals surface area contributed by atoms with Crippen LogP contribution in [-0.2, 0) is 4.74 Å². The standard InChI is InChI=1S/C23H20N3O5/c1-16-9-11-18(12-10-16)26(22-8-3-2-7-21(22)24)14-20(31-23(26)27)15-30-19-6-4-5-17(13-19)25(28)29/h2-14H,15,24H2,1H3/q+1. The molecule has 8 heteroatoms. The molecular weight excluding hydrogens is 398 g/mol. The third kappa shape index (κ3) is 3.72. The van der Waals surface area contributed by atoms with Crippen LogP contribution in [0.15, 0.2) is 84.8 Å². The summed E-state index contributed by atoms with van der Waals surface area (Å²) in [5.74, 6) is 0.575. The second-order valence-electron chi connectivity index (χ2n) is 7.12. The summed E-state index contributed by atoms with van der Waals surface area (Å²) in [5.41, 5.74) is 8.85. The number of nitrogen functional groups attached to an aromatic ring is 1. The molecule has 0 spiro atoms. The van der Waals surface area contributed by atoms with Crippen molar-refractivity contribution in [3.05, 3.63) is 100 Å². The van der Waals surface area contributed by atoms with Crippen LogP contribution < -0.4 is 15.0 Å². The zero-order valence-electron chi connectivity index (χ0n) is 16.7. The molecule has 0 aliphatic carbocycles. The molecule has 4 rings (SSSR count). The zero-order valence-corrected chi connectivity index (χ0v) is 16.7. The van der Waals surface area contributed by atoms with E-state index < -0.39 is 11.0 Å². The highest BCUT2D eigenvalue weighted by Gasteiger charge is 2.50. The number of hydrogen-bond acceptors (Lipinski definition) is 6. The summed E-state index contributed by atoms with van der Waals surface area (Å²) < 4.78 is 10.9. The Morgan fingerprint density at radius 3 is 2.52 bits per heavy atom. The monoisotopic (exact) mass is 418 g/mol. The van der Waals surface area contributed by atoms with E-state index in [1.807, 2.05) is 31.2 Å². The van der Waals surface area contributed by atoms with Crippen molar-refractivity contribution in [3.8, 4) is 5.75 Å². The lowest BCUT2D eigenvalue weighted by Crippen LogP contribution is -2.41. The van der Waals surface area contributed by atoms with Gasteiger partial charge in [0.25, 0.3) is 5.69 Å². The Hall–Kier alpha value is -4.17. The molecule has 1 aliphatic heterocycles. The van der Waals surface area contributed by atoms with Crippen molar-refractivity contribution in [1.82, 2.24) is 4.48 Å². The number of nitro benzene ring substituents is 1. The van der Waals surface area contributed by atoms with Gasteiger partial charge in [-0.3, -0.25) is 10.1 Å². The predicted molar refractivity (Wildman–Crippen MR) is 117 cm³/mol. The van der Waals surface area contributed by atoms with Gasteiger partial charge in [-0.15, -0.1) is 4.48 Å². The largest absolute Gasteiger partial charge is 0.536 e. The number of amides is 1. The van der Waals surface area contributed by atoms with Crippen molar-refractivity contribution >= 4 is 28.8 Å². The van der Waals surface area contributed by atoms with Gasteiger partial charge in [-0.25, -0.2) is 0 Å². The molecule has 8 nitrogen and oxygen atoms in total. The molecule has 0 fully saturated rings. The fraction of sp³-hybridized carbons (Fsp3) is 0.0870. The van der Waals surface area contributed by atoms with Crippen LogP contribution in [0.1, 0.15) is 5.56 Å². The van der Waals surface area contributed by atoms with E-state index in [9.17, 15) is 14.9 Å². The summed E-state index contributed by atoms with van der Waals surface area (Å²) >= 11 is 0. The Labute approximate surface area is 178 Å². The Kier molecular flexibility index (Phi) is 5.14. The molecular formula is C23H20N3O5+. The molecule has 156 valence electrons. The lowest BCUT2D eigenvalue weighted by Gasteiger charge is -2.26. The van der Waals surface area contributed by atoms with E-state index in [4.69, 9.17) is 15.2 Å². The molecule has 0 saturated heterocycles. The van der Waals surface area contributed by atoms with Gasteiger partial charge < -0.3 is 15.2 Å². The smallest absolute Gasteiger partial charge is 0.485 e. The molecule has 1 aliphatic rings. The van der Waals surface area contributed by atoms with E-state index >= 15 is 0 Å². The second-order valence-corrected chi connectivity index (χ2v) is 7.12. The third-order valence-electron chi connectivity index (χ3n) is 5.01. The predicted octanol–water partition coefficient (Wildman–Crippen LogP) is 5.20. The number of nitro groups is 1. The lowest BCUT2D eigenvalue weighted by molar-refractivity contribution is -0.384. The first-order chi connectivity index (χ1) is 14.9. The Bertz CT molecular complexity index is 1190. The average Bonchev–Trinajstić information content (AvgIpc) is 3.10. The molecule has 0 aromatic heterocycles. The van der Waals surface area contributed by atoms with Crippen LogP contribution in [0.2, 0.25) is 0 Å². The van der Waals surface area contributed by atoms with Gasteiger partial charge in [0.2, 0.25) is 5.76 Å². The minimum atomic E-state index is -0.542. The molecule has 3 aromatic carbocycles. The van der Waals surface area contributed by atoms with Crippen LogP contribution in [0.3, 0.4) is 0 Å². The maximum Gasteiger partial charge on any atom is 0.536 e. The number of carbonyl (C=O) groups is 1. The van der Waals surface area contributed by atoms with Gasteiger partial charge in [0.05, 0.1) is 16.7 Å². The van der Waals surface area contributed by atoms with Crippen molar-refractivity contribution in [1.29, 1.82) is 0 Å². The number of cyclic esters (lactones) is 1. The molecule has 1 heterocycles. The number of anilines is 1. The van der Waals surface area contributed by atoms with E-state index in [0.29, 0.717) is 22.8 Å². The number of para-hydroxylation sites is 2. The van der Waals surface area contributed by atoms with Crippen LogP contribution >= 0.6 is 0 Å². The van der Waals surface area contributed by atoms with Gasteiger partial charge in [0.15, 0.2) is 24.2 Å². The molecule has 31 heavy (non-hydrogen) atoms. The van der Waals surface area contributed by atoms with Crippen molar-refractivity contribution in [2.45, 2.75) is 6.92 Å². The molecule has 0 radical (unpaired) electrons. The minimum Gasteiger partial charge on any atom is -0.485 e. The fourth-order valence-corrected chi connectivity index (χ4v) is 3.46. The van der Waals surface area contributed by atoms with E-state index in [-0.39, 0.29) is 22.5 Å². The summed E-state index contributed by atoms with van der Waals surface area (Å²) in [6.45, 7) is 1.88. The van der Waals surface area contributed by atoms with Crippen molar-refractivity contribution in [2.24, 2.45) is 0 Å². The highest BCUT2D eigenvalue weighted by Crippen LogP contribution is 2.44. The number of rotatable bonds is 6. The summed E-state index contributed by atoms with van der Waals surface area (Å²) in [6.07, 6.45) is 1.11. The van der Waals surface area contributed by atoms with E-state index in [1.165, 1.54) is 18.2 Å². The highest BCUT2D eigenvalue weighted by molar-refractivity contribution is 5.97. The van der Waals surface area contributed by atoms with Crippen LogP contribution in [0.4, 0.5) is 27.5 Å². The summed E-state index contributed by atoms with van der Waals surface area (Å²) in [5, 5.41) is 11.0. The van der Waals surface area contributed by atoms with E-state index in [1.54, 1.807) is 36.5 Å². The highest BCUT2D eigenvalue weighted by atomic mass is 16.6. The molecule has 1 atom stereocenters. The van der Waals surface area contributed by atoms with Crippen LogP contribution in [0.5, 0.6) is 5.75 Å². The number of benzene rings is 3. The van der Waals surface area contributed by atoms with E-state index in [0.717, 1.165) is 5.56 Å². The van der Waals surface area contributed by atoms with Crippen molar-refractivity contribution in [2.75, 3.05) is 12.3 Å². The second kappa shape index (κ2) is 7.92. The van der Waals surface area contributed by atoms with Crippen LogP contribution in [0, 0.1) is 17.0 Å². The number of quaternary nitrogens is 1. The first kappa shape index (κ1) is 20.1. The topological polar surface area (TPSA) is 105 Å². The molecule has 1 amide bonds. The normalized spacial score (nSPS) is 17.7. The van der Waals surface area contributed by atoms with Gasteiger partial charge in [-0.2, -0.15) is 4.79 Å². The first-order valence-electron chi connectivity index (χ1n) is 9.52. The quantitative estimate of drug-likeness (QED) is 0.255. The number of nitrogens with zero attached hydrogens (tertiary/aromatic N) is 2. The lowest BCUT2D eigenvalue weighted by atomic mass is 10.1. The van der Waals surface area contributed by atoms with Crippen molar-refractivity contribution in [3.63, 3.8) is 0 Å². The maximum atomic E-state index is 13.2. The number of non-ortho nitro benzene ring substituents is 1. The summed E-state index contributed by atoms with van der Waals surface area (Å²) in [6, 6.07) is 20.4. The summed E-state index contributed by atoms with van der Waals surface area (Å²) in [4.78, 5) is 23.7. The van der Waals surface area contributed by atoms with Gasteiger partial charge in [0, 0.05) is 24.3 Å². The SMILES string of the molecule is Cc1ccc([N+]2(c3ccccc3N)C=C(COc3cccc([N+](=O)[O-])c3)OC2=O)cc1.